The van der Waals surface area contributed by atoms with Crippen molar-refractivity contribution in [3.63, 3.8) is 0 Å². The van der Waals surface area contributed by atoms with Crippen molar-refractivity contribution in [2.24, 2.45) is 0 Å². The van der Waals surface area contributed by atoms with Gasteiger partial charge in [-0.1, -0.05) is 39.0 Å². The lowest BCUT2D eigenvalue weighted by Gasteiger charge is -1.79. The highest BCUT2D eigenvalue weighted by Crippen LogP contribution is 2.15. The first-order chi connectivity index (χ1) is 5.27. The fourth-order valence-electron chi connectivity index (χ4n) is 1.10. The van der Waals surface area contributed by atoms with Gasteiger partial charge in [-0.15, -0.1) is 0 Å². The third-order valence-corrected chi connectivity index (χ3v) is 1.71. The molecule has 0 aromatic rings. The van der Waals surface area contributed by atoms with Crippen molar-refractivity contribution in [3.8, 4) is 0 Å². The second-order valence-corrected chi connectivity index (χ2v) is 2.91. The second kappa shape index (κ2) is 7.58. The molecule has 2 heteroatoms. The van der Waals surface area contributed by atoms with Gasteiger partial charge in [0.25, 0.3) is 0 Å². The van der Waals surface area contributed by atoms with Gasteiger partial charge in [-0.25, -0.2) is 0 Å². The van der Waals surface area contributed by atoms with Crippen molar-refractivity contribution in [1.82, 2.24) is 0 Å². The van der Waals surface area contributed by atoms with Crippen LogP contribution < -0.4 is 0 Å². The zero-order chi connectivity index (χ0) is 8.53. The number of hydrogen-bond donors (Lipinski definition) is 1. The quantitative estimate of drug-likeness (QED) is 0.671. The van der Waals surface area contributed by atoms with E-state index in [1.54, 1.807) is 0 Å². The Labute approximate surface area is 68.6 Å². The van der Waals surface area contributed by atoms with Crippen molar-refractivity contribution in [2.45, 2.75) is 51.9 Å². The average molecular weight is 158 g/mol. The van der Waals surface area contributed by atoms with E-state index in [1.807, 2.05) is 6.92 Å². The summed E-state index contributed by atoms with van der Waals surface area (Å²) in [5.41, 5.74) is 0. The lowest BCUT2D eigenvalue weighted by molar-refractivity contribution is -0.137. The number of carboxylic acid groups (broad SMARTS) is 1. The second-order valence-electron chi connectivity index (χ2n) is 2.91. The lowest BCUT2D eigenvalue weighted by Crippen LogP contribution is -1.90. The Morgan fingerprint density at radius 3 is 1.64 bits per heavy atom. The number of carbonyl (C=O) groups is 1. The fourth-order valence-corrected chi connectivity index (χ4v) is 1.10. The first-order valence-electron chi connectivity index (χ1n) is 4.49. The van der Waals surface area contributed by atoms with E-state index in [2.05, 4.69) is 0 Å². The molecule has 1 fully saturated rings. The summed E-state index contributed by atoms with van der Waals surface area (Å²) in [4.78, 5) is 9.60. The van der Waals surface area contributed by atoms with E-state index in [0.29, 0.717) is 6.42 Å². The van der Waals surface area contributed by atoms with E-state index < -0.39 is 5.97 Å². The average Bonchev–Trinajstić information content (AvgIpc) is 2.41. The molecule has 0 atom stereocenters. The Morgan fingerprint density at radius 1 is 1.18 bits per heavy atom. The van der Waals surface area contributed by atoms with Gasteiger partial charge in [0.2, 0.25) is 0 Å². The Morgan fingerprint density at radius 2 is 1.55 bits per heavy atom. The Hall–Kier alpha value is -0.530. The molecule has 0 aromatic heterocycles. The monoisotopic (exact) mass is 158 g/mol. The molecule has 2 nitrogen and oxygen atoms in total. The third kappa shape index (κ3) is 9.47. The van der Waals surface area contributed by atoms with Gasteiger partial charge in [0.15, 0.2) is 0 Å². The minimum atomic E-state index is -0.711. The number of carboxylic acids is 1. The zero-order valence-corrected chi connectivity index (χ0v) is 7.31. The third-order valence-electron chi connectivity index (χ3n) is 1.71. The van der Waals surface area contributed by atoms with Crippen molar-refractivity contribution in [3.05, 3.63) is 0 Å². The molecule has 0 amide bonds. The molecule has 1 saturated carbocycles. The summed E-state index contributed by atoms with van der Waals surface area (Å²) in [6, 6.07) is 0. The summed E-state index contributed by atoms with van der Waals surface area (Å²) in [5.74, 6) is -0.711. The van der Waals surface area contributed by atoms with Gasteiger partial charge >= 0.3 is 5.97 Å². The largest absolute Gasteiger partial charge is 0.481 e. The van der Waals surface area contributed by atoms with Gasteiger partial charge in [0.1, 0.15) is 0 Å². The molecule has 0 saturated heterocycles. The smallest absolute Gasteiger partial charge is 0.303 e. The number of hydrogen-bond acceptors (Lipinski definition) is 1. The molecular weight excluding hydrogens is 140 g/mol. The van der Waals surface area contributed by atoms with Crippen LogP contribution in [0.15, 0.2) is 0 Å². The van der Waals surface area contributed by atoms with Crippen LogP contribution in [-0.4, -0.2) is 11.1 Å². The Bertz CT molecular complexity index is 88.1. The highest BCUT2D eigenvalue weighted by molar-refractivity contribution is 5.66. The van der Waals surface area contributed by atoms with Gasteiger partial charge in [0, 0.05) is 6.42 Å². The van der Waals surface area contributed by atoms with Gasteiger partial charge in [-0.05, 0) is 6.42 Å². The van der Waals surface area contributed by atoms with E-state index in [9.17, 15) is 4.79 Å². The van der Waals surface area contributed by atoms with Crippen LogP contribution in [-0.2, 0) is 4.79 Å². The maximum atomic E-state index is 9.60. The van der Waals surface area contributed by atoms with Crippen LogP contribution in [0.2, 0.25) is 0 Å². The van der Waals surface area contributed by atoms with Crippen LogP contribution >= 0.6 is 0 Å². The van der Waals surface area contributed by atoms with Crippen LogP contribution in [0.4, 0.5) is 0 Å². The van der Waals surface area contributed by atoms with Crippen LogP contribution in [0.3, 0.4) is 0 Å². The predicted octanol–water partition coefficient (Wildman–Crippen LogP) is 2.82. The van der Waals surface area contributed by atoms with Crippen LogP contribution in [0.25, 0.3) is 0 Å². The van der Waals surface area contributed by atoms with Crippen LogP contribution in [0.1, 0.15) is 51.9 Å². The topological polar surface area (TPSA) is 37.3 Å². The number of rotatable bonds is 2. The SMILES string of the molecule is C1CCCC1.CCCC(=O)O. The van der Waals surface area contributed by atoms with E-state index >= 15 is 0 Å². The molecule has 0 unspecified atom stereocenters. The van der Waals surface area contributed by atoms with Crippen molar-refractivity contribution in [2.75, 3.05) is 0 Å². The Balaban J connectivity index is 0.000000183. The van der Waals surface area contributed by atoms with E-state index in [1.165, 1.54) is 32.1 Å². The van der Waals surface area contributed by atoms with E-state index in [4.69, 9.17) is 5.11 Å². The molecule has 66 valence electrons. The normalized spacial score (nSPS) is 15.4. The molecule has 0 radical (unpaired) electrons. The standard InChI is InChI=1S/C5H10.C4H8O2/c1-2-4-5-3-1;1-2-3-4(5)6/h1-5H2;2-3H2,1H3,(H,5,6). The maximum Gasteiger partial charge on any atom is 0.303 e. The molecule has 0 aliphatic heterocycles. The molecule has 0 bridgehead atoms. The van der Waals surface area contributed by atoms with Gasteiger partial charge in [0.05, 0.1) is 0 Å². The minimum Gasteiger partial charge on any atom is -0.481 e. The summed E-state index contributed by atoms with van der Waals surface area (Å²) in [6.07, 6.45) is 8.52. The highest BCUT2D eigenvalue weighted by atomic mass is 16.4. The van der Waals surface area contributed by atoms with Crippen molar-refractivity contribution < 1.29 is 9.90 Å². The molecule has 1 N–H and O–H groups in total. The minimum absolute atomic E-state index is 0.292. The molecule has 1 rings (SSSR count). The Kier molecular flexibility index (Phi) is 7.21. The maximum absolute atomic E-state index is 9.60. The predicted molar refractivity (Wildman–Crippen MR) is 45.6 cm³/mol. The summed E-state index contributed by atoms with van der Waals surface area (Å²) in [5, 5.41) is 7.91. The van der Waals surface area contributed by atoms with Crippen molar-refractivity contribution >= 4 is 5.97 Å². The summed E-state index contributed by atoms with van der Waals surface area (Å²) in [6.45, 7) is 1.84. The van der Waals surface area contributed by atoms with Crippen LogP contribution in [0, 0.1) is 0 Å². The van der Waals surface area contributed by atoms with Gasteiger partial charge < -0.3 is 5.11 Å². The molecule has 0 heterocycles. The number of aliphatic carboxylic acids is 1. The fraction of sp³-hybridized carbons (Fsp3) is 0.889. The summed E-state index contributed by atoms with van der Waals surface area (Å²) < 4.78 is 0. The van der Waals surface area contributed by atoms with E-state index in [0.717, 1.165) is 6.42 Å². The lowest BCUT2D eigenvalue weighted by atomic mass is 10.4. The highest BCUT2D eigenvalue weighted by Gasteiger charge is 1.95. The summed E-state index contributed by atoms with van der Waals surface area (Å²) in [7, 11) is 0. The molecule has 1 aliphatic carbocycles. The zero-order valence-electron chi connectivity index (χ0n) is 7.31. The molecule has 11 heavy (non-hydrogen) atoms. The van der Waals surface area contributed by atoms with E-state index in [-0.39, 0.29) is 0 Å². The molecule has 0 aromatic carbocycles. The first kappa shape index (κ1) is 10.5. The van der Waals surface area contributed by atoms with Crippen molar-refractivity contribution in [1.29, 1.82) is 0 Å². The molecular formula is C9H18O2. The molecule has 0 spiro atoms. The summed E-state index contributed by atoms with van der Waals surface area (Å²) >= 11 is 0. The molecule has 1 aliphatic rings. The first-order valence-corrected chi connectivity index (χ1v) is 4.49. The van der Waals surface area contributed by atoms with Crippen LogP contribution in [0.5, 0.6) is 0 Å². The van der Waals surface area contributed by atoms with Gasteiger partial charge in [-0.2, -0.15) is 0 Å². The van der Waals surface area contributed by atoms with Gasteiger partial charge in [-0.3, -0.25) is 4.79 Å².